The molecule has 0 saturated carbocycles. The van der Waals surface area contributed by atoms with Crippen molar-refractivity contribution >= 4 is 42.5 Å². The van der Waals surface area contributed by atoms with Crippen LogP contribution in [0.1, 0.15) is 16.5 Å². The van der Waals surface area contributed by atoms with E-state index in [-0.39, 0.29) is 42.1 Å². The Morgan fingerprint density at radius 3 is 2.75 bits per heavy atom. The molecule has 0 aliphatic carbocycles. The number of rotatable bonds is 5. The number of amides is 1. The van der Waals surface area contributed by atoms with E-state index >= 15 is 0 Å². The molecule has 2 N–H and O–H groups in total. The van der Waals surface area contributed by atoms with Gasteiger partial charge >= 0.3 is 0 Å². The highest BCUT2D eigenvalue weighted by molar-refractivity contribution is 7.99. The molecule has 2 unspecified atom stereocenters. The third kappa shape index (κ3) is 5.65. The predicted octanol–water partition coefficient (Wildman–Crippen LogP) is 2.88. The van der Waals surface area contributed by atoms with Gasteiger partial charge in [0.25, 0.3) is 5.91 Å². The number of nitrogens with zero attached hydrogens (tertiary/aromatic N) is 1. The number of pyridine rings is 1. The minimum atomic E-state index is -0.258. The molecule has 5 nitrogen and oxygen atoms in total. The van der Waals surface area contributed by atoms with Crippen LogP contribution in [0.3, 0.4) is 0 Å². The van der Waals surface area contributed by atoms with Crippen molar-refractivity contribution in [1.82, 2.24) is 15.8 Å². The number of hydrogen-bond donors (Lipinski definition) is 2. The van der Waals surface area contributed by atoms with E-state index in [4.69, 9.17) is 4.84 Å². The summed E-state index contributed by atoms with van der Waals surface area (Å²) in [7, 11) is 0. The number of carbonyl (C=O) groups is 1. The second-order valence-corrected chi connectivity index (χ2v) is 6.10. The van der Waals surface area contributed by atoms with Gasteiger partial charge in [0.2, 0.25) is 0 Å². The van der Waals surface area contributed by atoms with Crippen molar-refractivity contribution in [3.63, 3.8) is 0 Å². The number of hydroxylamine groups is 1. The molecular formula is C16H19Cl2N3O2S. The van der Waals surface area contributed by atoms with E-state index in [2.05, 4.69) is 15.8 Å². The molecule has 130 valence electrons. The van der Waals surface area contributed by atoms with Crippen LogP contribution in [0.5, 0.6) is 0 Å². The summed E-state index contributed by atoms with van der Waals surface area (Å²) in [5.41, 5.74) is 4.61. The van der Waals surface area contributed by atoms with Crippen molar-refractivity contribution in [2.75, 3.05) is 5.75 Å². The number of thioether (sulfide) groups is 1. The minimum Gasteiger partial charge on any atom is -0.290 e. The first-order valence-corrected chi connectivity index (χ1v) is 8.11. The number of carbonyl (C=O) groups excluding carboxylic acids is 1. The summed E-state index contributed by atoms with van der Waals surface area (Å²) < 4.78 is 0. The van der Waals surface area contributed by atoms with E-state index in [1.807, 2.05) is 48.7 Å². The molecule has 0 bridgehead atoms. The quantitative estimate of drug-likeness (QED) is 0.772. The first-order chi connectivity index (χ1) is 10.8. The maximum absolute atomic E-state index is 12.1. The van der Waals surface area contributed by atoms with Crippen LogP contribution in [0.15, 0.2) is 54.9 Å². The summed E-state index contributed by atoms with van der Waals surface area (Å²) in [6.45, 7) is 0.360. The zero-order valence-corrected chi connectivity index (χ0v) is 15.2. The van der Waals surface area contributed by atoms with Gasteiger partial charge in [0.1, 0.15) is 0 Å². The topological polar surface area (TPSA) is 63.2 Å². The van der Waals surface area contributed by atoms with Crippen molar-refractivity contribution in [3.8, 4) is 0 Å². The smallest absolute Gasteiger partial charge is 0.261 e. The minimum absolute atomic E-state index is 0. The maximum atomic E-state index is 12.1. The Balaban J connectivity index is 0.00000144. The van der Waals surface area contributed by atoms with E-state index < -0.39 is 0 Å². The van der Waals surface area contributed by atoms with Gasteiger partial charge in [0, 0.05) is 18.1 Å². The molecule has 1 aromatic heterocycles. The third-order valence-electron chi connectivity index (χ3n) is 3.34. The van der Waals surface area contributed by atoms with Gasteiger partial charge in [0.05, 0.1) is 18.0 Å². The van der Waals surface area contributed by atoms with Gasteiger partial charge < -0.3 is 0 Å². The number of benzene rings is 1. The second-order valence-electron chi connectivity index (χ2n) is 4.96. The van der Waals surface area contributed by atoms with Gasteiger partial charge in [-0.1, -0.05) is 36.4 Å². The van der Waals surface area contributed by atoms with Crippen LogP contribution in [0.2, 0.25) is 0 Å². The molecule has 2 atom stereocenters. The lowest BCUT2D eigenvalue weighted by Crippen LogP contribution is -2.42. The van der Waals surface area contributed by atoms with Crippen LogP contribution in [0.4, 0.5) is 0 Å². The van der Waals surface area contributed by atoms with Crippen LogP contribution >= 0.6 is 36.6 Å². The zero-order valence-electron chi connectivity index (χ0n) is 12.8. The van der Waals surface area contributed by atoms with Crippen LogP contribution < -0.4 is 10.8 Å². The Hall–Kier alpha value is -1.31. The highest BCUT2D eigenvalue weighted by atomic mass is 35.5. The second kappa shape index (κ2) is 10.5. The summed E-state index contributed by atoms with van der Waals surface area (Å²) in [6.07, 6.45) is 3.56. The first kappa shape index (κ1) is 20.7. The standard InChI is InChI=1S/C16H17N3O2S.2ClH/c20-15(19-21-10-12-5-2-1-3-6-12)14-11-22-16(18-14)13-7-4-8-17-9-13;;/h1-9,14,16,18H,10-11H2,(H,19,20);2*1H. The molecule has 1 aliphatic rings. The van der Waals surface area contributed by atoms with Crippen molar-refractivity contribution in [2.24, 2.45) is 0 Å². The molecule has 2 heterocycles. The van der Waals surface area contributed by atoms with Gasteiger partial charge in [-0.15, -0.1) is 36.6 Å². The molecule has 1 amide bonds. The maximum Gasteiger partial charge on any atom is 0.261 e. The number of hydrogen-bond acceptors (Lipinski definition) is 5. The molecule has 0 spiro atoms. The van der Waals surface area contributed by atoms with Crippen molar-refractivity contribution < 1.29 is 9.63 Å². The molecule has 0 radical (unpaired) electrons. The zero-order chi connectivity index (χ0) is 15.2. The SMILES string of the molecule is Cl.Cl.O=C(NOCc1ccccc1)C1CSC(c2cccnc2)N1. The number of aromatic nitrogens is 1. The van der Waals surface area contributed by atoms with Crippen LogP contribution in [0, 0.1) is 0 Å². The Morgan fingerprint density at radius 1 is 1.25 bits per heavy atom. The number of nitrogens with one attached hydrogen (secondary N) is 2. The van der Waals surface area contributed by atoms with E-state index in [1.165, 1.54) is 0 Å². The fourth-order valence-corrected chi connectivity index (χ4v) is 3.41. The van der Waals surface area contributed by atoms with E-state index in [9.17, 15) is 4.79 Å². The molecule has 1 aliphatic heterocycles. The van der Waals surface area contributed by atoms with Crippen molar-refractivity contribution in [1.29, 1.82) is 0 Å². The lowest BCUT2D eigenvalue weighted by molar-refractivity contribution is -0.136. The monoisotopic (exact) mass is 387 g/mol. The molecule has 3 rings (SSSR count). The molecule has 2 aromatic rings. The Labute approximate surface area is 157 Å². The summed E-state index contributed by atoms with van der Waals surface area (Å²) in [5, 5.41) is 3.38. The summed E-state index contributed by atoms with van der Waals surface area (Å²) in [5.74, 6) is 0.565. The average Bonchev–Trinajstić information content (AvgIpc) is 3.07. The fourth-order valence-electron chi connectivity index (χ4n) is 2.18. The Kier molecular flexibility index (Phi) is 9.10. The molecular weight excluding hydrogens is 369 g/mol. The average molecular weight is 388 g/mol. The molecule has 1 fully saturated rings. The third-order valence-corrected chi connectivity index (χ3v) is 4.61. The lowest BCUT2D eigenvalue weighted by atomic mass is 10.2. The fraction of sp³-hybridized carbons (Fsp3) is 0.250. The van der Waals surface area contributed by atoms with Crippen LogP contribution in [-0.4, -0.2) is 22.7 Å². The van der Waals surface area contributed by atoms with Gasteiger partial charge in [-0.05, 0) is 17.2 Å². The molecule has 1 saturated heterocycles. The van der Waals surface area contributed by atoms with E-state index in [0.717, 1.165) is 11.1 Å². The normalized spacial score (nSPS) is 19.0. The summed E-state index contributed by atoms with van der Waals surface area (Å²) >= 11 is 1.69. The predicted molar refractivity (Wildman–Crippen MR) is 100 cm³/mol. The lowest BCUT2D eigenvalue weighted by Gasteiger charge is -2.13. The van der Waals surface area contributed by atoms with Gasteiger partial charge in [-0.3, -0.25) is 19.9 Å². The van der Waals surface area contributed by atoms with Crippen molar-refractivity contribution in [2.45, 2.75) is 18.0 Å². The van der Waals surface area contributed by atoms with Gasteiger partial charge in [-0.25, -0.2) is 5.48 Å². The highest BCUT2D eigenvalue weighted by Crippen LogP contribution is 2.32. The van der Waals surface area contributed by atoms with Gasteiger partial charge in [-0.2, -0.15) is 0 Å². The van der Waals surface area contributed by atoms with Crippen LogP contribution in [0.25, 0.3) is 0 Å². The molecule has 8 heteroatoms. The first-order valence-electron chi connectivity index (χ1n) is 7.06. The van der Waals surface area contributed by atoms with Crippen LogP contribution in [-0.2, 0) is 16.2 Å². The number of halogens is 2. The highest BCUT2D eigenvalue weighted by Gasteiger charge is 2.30. The summed E-state index contributed by atoms with van der Waals surface area (Å²) in [6, 6.07) is 13.4. The Bertz CT molecular complexity index is 619. The van der Waals surface area contributed by atoms with Crippen molar-refractivity contribution in [3.05, 3.63) is 66.0 Å². The summed E-state index contributed by atoms with van der Waals surface area (Å²) in [4.78, 5) is 21.5. The Morgan fingerprint density at radius 2 is 2.04 bits per heavy atom. The van der Waals surface area contributed by atoms with Gasteiger partial charge in [0.15, 0.2) is 0 Å². The largest absolute Gasteiger partial charge is 0.290 e. The van der Waals surface area contributed by atoms with E-state index in [0.29, 0.717) is 12.4 Å². The molecule has 24 heavy (non-hydrogen) atoms. The molecule has 1 aromatic carbocycles. The van der Waals surface area contributed by atoms with E-state index in [1.54, 1.807) is 18.0 Å².